The number of allylic oxidation sites excluding steroid dienone is 2. The van der Waals surface area contributed by atoms with E-state index in [-0.39, 0.29) is 35.5 Å². The standard InChI is InChI=1S/C23H37N5O2/c1-3-24-23(26-14-16-7-5-11-27(4-2)15-16)25-10-6-12-28-21(29)19-17-8-9-18(13-17)20(19)22(28)30/h8-9,16-20H,3-7,10-15H2,1-2H3,(H2,24,25,26). The van der Waals surface area contributed by atoms with Crippen LogP contribution in [0.1, 0.15) is 39.5 Å². The number of hydrogen-bond acceptors (Lipinski definition) is 4. The van der Waals surface area contributed by atoms with Crippen molar-refractivity contribution in [2.45, 2.75) is 39.5 Å². The molecule has 0 aromatic heterocycles. The Morgan fingerprint density at radius 1 is 1.13 bits per heavy atom. The van der Waals surface area contributed by atoms with Crippen molar-refractivity contribution in [3.8, 4) is 0 Å². The number of hydrogen-bond donors (Lipinski definition) is 2. The number of likely N-dealkylation sites (tertiary alicyclic amines) is 2. The van der Waals surface area contributed by atoms with Crippen molar-refractivity contribution < 1.29 is 9.59 Å². The van der Waals surface area contributed by atoms with Gasteiger partial charge >= 0.3 is 0 Å². The molecule has 30 heavy (non-hydrogen) atoms. The average molecular weight is 416 g/mol. The topological polar surface area (TPSA) is 77.0 Å². The van der Waals surface area contributed by atoms with Gasteiger partial charge < -0.3 is 15.5 Å². The molecule has 5 unspecified atom stereocenters. The Morgan fingerprint density at radius 3 is 2.53 bits per heavy atom. The molecule has 2 aliphatic carbocycles. The predicted octanol–water partition coefficient (Wildman–Crippen LogP) is 1.47. The van der Waals surface area contributed by atoms with Gasteiger partial charge in [-0.05, 0) is 63.5 Å². The van der Waals surface area contributed by atoms with Crippen LogP contribution in [0.2, 0.25) is 0 Å². The Morgan fingerprint density at radius 2 is 1.87 bits per heavy atom. The van der Waals surface area contributed by atoms with Crippen LogP contribution in [-0.2, 0) is 9.59 Å². The van der Waals surface area contributed by atoms with Crippen molar-refractivity contribution in [2.75, 3.05) is 45.8 Å². The highest BCUT2D eigenvalue weighted by Gasteiger charge is 2.58. The van der Waals surface area contributed by atoms with Crippen molar-refractivity contribution in [3.63, 3.8) is 0 Å². The van der Waals surface area contributed by atoms with E-state index in [1.165, 1.54) is 24.3 Å². The summed E-state index contributed by atoms with van der Waals surface area (Å²) in [5.41, 5.74) is 0. The van der Waals surface area contributed by atoms with Gasteiger partial charge in [0, 0.05) is 32.7 Å². The maximum Gasteiger partial charge on any atom is 0.233 e. The monoisotopic (exact) mass is 415 g/mol. The van der Waals surface area contributed by atoms with Crippen molar-refractivity contribution >= 4 is 17.8 Å². The lowest BCUT2D eigenvalue weighted by molar-refractivity contribution is -0.140. The van der Waals surface area contributed by atoms with Gasteiger partial charge in [-0.15, -0.1) is 0 Å². The fourth-order valence-electron chi connectivity index (χ4n) is 5.78. The molecule has 5 atom stereocenters. The molecule has 4 aliphatic rings. The number of amides is 2. The highest BCUT2D eigenvalue weighted by molar-refractivity contribution is 6.06. The van der Waals surface area contributed by atoms with Crippen LogP contribution in [-0.4, -0.2) is 73.4 Å². The summed E-state index contributed by atoms with van der Waals surface area (Å²) in [6.45, 7) is 10.6. The summed E-state index contributed by atoms with van der Waals surface area (Å²) in [6.07, 6.45) is 8.53. The second kappa shape index (κ2) is 9.50. The molecule has 4 rings (SSSR count). The van der Waals surface area contributed by atoms with E-state index >= 15 is 0 Å². The van der Waals surface area contributed by atoms with Crippen LogP contribution in [0.3, 0.4) is 0 Å². The Hall–Kier alpha value is -1.89. The molecule has 2 heterocycles. The maximum absolute atomic E-state index is 12.8. The van der Waals surface area contributed by atoms with E-state index in [1.54, 1.807) is 0 Å². The average Bonchev–Trinajstić information content (AvgIpc) is 3.44. The van der Waals surface area contributed by atoms with Gasteiger partial charge in [-0.2, -0.15) is 0 Å². The molecule has 3 fully saturated rings. The number of guanidine groups is 1. The van der Waals surface area contributed by atoms with Gasteiger partial charge in [0.15, 0.2) is 5.96 Å². The number of aliphatic imine (C=N–C) groups is 1. The summed E-state index contributed by atoms with van der Waals surface area (Å²) in [4.78, 5) is 34.3. The fourth-order valence-corrected chi connectivity index (χ4v) is 5.78. The molecule has 2 N–H and O–H groups in total. The molecule has 2 saturated heterocycles. The second-order valence-corrected chi connectivity index (χ2v) is 9.23. The summed E-state index contributed by atoms with van der Waals surface area (Å²) >= 11 is 0. The highest BCUT2D eigenvalue weighted by Crippen LogP contribution is 2.52. The number of nitrogens with one attached hydrogen (secondary N) is 2. The minimum absolute atomic E-state index is 0.0557. The number of carbonyl (C=O) groups excluding carboxylic acids is 2. The molecule has 0 aromatic carbocycles. The first-order chi connectivity index (χ1) is 14.6. The van der Waals surface area contributed by atoms with Gasteiger partial charge in [0.2, 0.25) is 11.8 Å². The first-order valence-corrected chi connectivity index (χ1v) is 11.9. The van der Waals surface area contributed by atoms with Gasteiger partial charge in [0.1, 0.15) is 0 Å². The molecule has 0 spiro atoms. The lowest BCUT2D eigenvalue weighted by Gasteiger charge is -2.31. The summed E-state index contributed by atoms with van der Waals surface area (Å²) < 4.78 is 0. The van der Waals surface area contributed by atoms with E-state index in [9.17, 15) is 9.59 Å². The number of piperidine rings is 1. The van der Waals surface area contributed by atoms with Gasteiger partial charge in [0.25, 0.3) is 0 Å². The van der Waals surface area contributed by atoms with E-state index in [0.29, 0.717) is 19.0 Å². The van der Waals surface area contributed by atoms with Crippen molar-refractivity contribution in [1.29, 1.82) is 0 Å². The molecule has 2 amide bonds. The first-order valence-electron chi connectivity index (χ1n) is 11.9. The molecule has 2 bridgehead atoms. The lowest BCUT2D eigenvalue weighted by atomic mass is 9.85. The van der Waals surface area contributed by atoms with Gasteiger partial charge in [-0.1, -0.05) is 19.1 Å². The zero-order valence-corrected chi connectivity index (χ0v) is 18.5. The van der Waals surface area contributed by atoms with Crippen LogP contribution in [0.15, 0.2) is 17.1 Å². The van der Waals surface area contributed by atoms with Crippen molar-refractivity contribution in [2.24, 2.45) is 34.6 Å². The molecule has 0 radical (unpaired) electrons. The van der Waals surface area contributed by atoms with E-state index in [0.717, 1.165) is 45.0 Å². The molecular weight excluding hydrogens is 378 g/mol. The Bertz CT molecular complexity index is 676. The van der Waals surface area contributed by atoms with Crippen LogP contribution < -0.4 is 10.6 Å². The third kappa shape index (κ3) is 4.27. The number of imide groups is 1. The van der Waals surface area contributed by atoms with Crippen molar-refractivity contribution in [3.05, 3.63) is 12.2 Å². The summed E-state index contributed by atoms with van der Waals surface area (Å²) in [7, 11) is 0. The minimum atomic E-state index is -0.0856. The van der Waals surface area contributed by atoms with E-state index < -0.39 is 0 Å². The molecule has 7 nitrogen and oxygen atoms in total. The van der Waals surface area contributed by atoms with Gasteiger partial charge in [-0.3, -0.25) is 19.5 Å². The molecule has 166 valence electrons. The number of nitrogens with zero attached hydrogens (tertiary/aromatic N) is 3. The number of rotatable bonds is 8. The Labute approximate surface area is 180 Å². The highest BCUT2D eigenvalue weighted by atomic mass is 16.2. The lowest BCUT2D eigenvalue weighted by Crippen LogP contribution is -2.41. The molecular formula is C23H37N5O2. The van der Waals surface area contributed by atoms with E-state index in [2.05, 4.69) is 41.5 Å². The third-order valence-electron chi connectivity index (χ3n) is 7.31. The zero-order chi connectivity index (χ0) is 21.1. The SMILES string of the molecule is CCNC(=NCC1CCCN(CC)C1)NCCCN1C(=O)C2C3C=CC(C3)C2C1=O. The van der Waals surface area contributed by atoms with Crippen LogP contribution in [0.5, 0.6) is 0 Å². The first kappa shape index (κ1) is 21.3. The molecule has 2 aliphatic heterocycles. The Kier molecular flexibility index (Phi) is 6.76. The third-order valence-corrected chi connectivity index (χ3v) is 7.31. The van der Waals surface area contributed by atoms with E-state index in [4.69, 9.17) is 4.99 Å². The second-order valence-electron chi connectivity index (χ2n) is 9.23. The molecule has 1 saturated carbocycles. The van der Waals surface area contributed by atoms with Crippen molar-refractivity contribution in [1.82, 2.24) is 20.4 Å². The van der Waals surface area contributed by atoms with Gasteiger partial charge in [0.05, 0.1) is 11.8 Å². The predicted molar refractivity (Wildman–Crippen MR) is 118 cm³/mol. The quantitative estimate of drug-likeness (QED) is 0.206. The number of carbonyl (C=O) groups is 2. The van der Waals surface area contributed by atoms with Crippen LogP contribution in [0.25, 0.3) is 0 Å². The minimum Gasteiger partial charge on any atom is -0.357 e. The van der Waals surface area contributed by atoms with Crippen LogP contribution in [0.4, 0.5) is 0 Å². The summed E-state index contributed by atoms with van der Waals surface area (Å²) in [6, 6.07) is 0. The molecule has 0 aromatic rings. The normalized spacial score (nSPS) is 33.5. The smallest absolute Gasteiger partial charge is 0.233 e. The van der Waals surface area contributed by atoms with Crippen LogP contribution >= 0.6 is 0 Å². The maximum atomic E-state index is 12.8. The van der Waals surface area contributed by atoms with Crippen LogP contribution in [0, 0.1) is 29.6 Å². The Balaban J connectivity index is 1.22. The fraction of sp³-hybridized carbons (Fsp3) is 0.783. The number of fused-ring (bicyclic) bond motifs is 5. The largest absolute Gasteiger partial charge is 0.357 e. The van der Waals surface area contributed by atoms with E-state index in [1.807, 2.05) is 0 Å². The summed E-state index contributed by atoms with van der Waals surface area (Å²) in [5, 5.41) is 6.70. The van der Waals surface area contributed by atoms with Gasteiger partial charge in [-0.25, -0.2) is 0 Å². The zero-order valence-electron chi connectivity index (χ0n) is 18.5. The molecule has 7 heteroatoms. The summed E-state index contributed by atoms with van der Waals surface area (Å²) in [5.74, 6) is 1.98.